The van der Waals surface area contributed by atoms with Gasteiger partial charge in [0.05, 0.1) is 6.61 Å². The van der Waals surface area contributed by atoms with Crippen molar-refractivity contribution in [3.8, 4) is 0 Å². The van der Waals surface area contributed by atoms with Crippen molar-refractivity contribution in [3.63, 3.8) is 0 Å². The molecule has 0 bridgehead atoms. The van der Waals surface area contributed by atoms with Crippen molar-refractivity contribution < 1.29 is 19.4 Å². The molecule has 0 saturated carbocycles. The van der Waals surface area contributed by atoms with Gasteiger partial charge >= 0.3 is 11.9 Å². The topological polar surface area (TPSA) is 63.6 Å². The fourth-order valence-corrected chi connectivity index (χ4v) is 4.46. The molecule has 0 saturated heterocycles. The molecule has 202 valence electrons. The number of carbonyl (C=O) groups excluding carboxylic acids is 1. The maximum Gasteiger partial charge on any atom is 0.305 e. The van der Waals surface area contributed by atoms with Crippen LogP contribution < -0.4 is 0 Å². The molecule has 0 aromatic carbocycles. The van der Waals surface area contributed by atoms with Gasteiger partial charge in [-0.15, -0.1) is 0 Å². The normalized spacial score (nSPS) is 11.3. The van der Waals surface area contributed by atoms with E-state index in [4.69, 9.17) is 9.84 Å². The summed E-state index contributed by atoms with van der Waals surface area (Å²) in [5.41, 5.74) is 0. The number of unbranched alkanes of at least 4 members (excludes halogenated alkanes) is 19. The minimum atomic E-state index is -0.693. The highest BCUT2D eigenvalue weighted by Crippen LogP contribution is 2.15. The monoisotopic (exact) mass is 482 g/mol. The van der Waals surface area contributed by atoms with Crippen LogP contribution in [0.3, 0.4) is 0 Å². The van der Waals surface area contributed by atoms with Crippen LogP contribution in [-0.4, -0.2) is 23.7 Å². The molecule has 0 aliphatic rings. The number of rotatable bonds is 27. The minimum absolute atomic E-state index is 0.0337. The first-order chi connectivity index (χ1) is 16.5. The zero-order valence-electron chi connectivity index (χ0n) is 22.9. The molecular formula is C30H58O4. The molecule has 0 unspecified atom stereocenters. The molecule has 4 heteroatoms. The minimum Gasteiger partial charge on any atom is -0.481 e. The number of hydrogen-bond acceptors (Lipinski definition) is 3. The van der Waals surface area contributed by atoms with Gasteiger partial charge in [0, 0.05) is 12.8 Å². The Morgan fingerprint density at radius 2 is 0.882 bits per heavy atom. The number of esters is 1. The molecule has 0 radical (unpaired) electrons. The van der Waals surface area contributed by atoms with Crippen LogP contribution in [0, 0.1) is 5.92 Å². The van der Waals surface area contributed by atoms with Gasteiger partial charge in [-0.05, 0) is 25.2 Å². The first-order valence-corrected chi connectivity index (χ1v) is 14.9. The Hall–Kier alpha value is -1.06. The average molecular weight is 483 g/mol. The second-order valence-corrected chi connectivity index (χ2v) is 10.7. The SMILES string of the molecule is CC(C)CCCCCCCCCCCCCCCOC(=O)CCCCCCCCCCC(=O)O. The number of hydrogen-bond donors (Lipinski definition) is 1. The predicted molar refractivity (Wildman–Crippen MR) is 144 cm³/mol. The summed E-state index contributed by atoms with van der Waals surface area (Å²) in [5.74, 6) is 0.136. The zero-order chi connectivity index (χ0) is 25.1. The molecular weight excluding hydrogens is 424 g/mol. The standard InChI is InChI=1S/C30H58O4/c1-28(2)24-20-16-12-8-6-4-3-5-7-11-15-19-23-27-34-30(33)26-22-18-14-10-9-13-17-21-25-29(31)32/h28H,3-27H2,1-2H3,(H,31,32). The van der Waals surface area contributed by atoms with E-state index in [0.29, 0.717) is 19.4 Å². The quantitative estimate of drug-likeness (QED) is 0.0934. The van der Waals surface area contributed by atoms with E-state index in [1.54, 1.807) is 0 Å². The molecule has 0 aliphatic carbocycles. The zero-order valence-corrected chi connectivity index (χ0v) is 22.9. The average Bonchev–Trinajstić information content (AvgIpc) is 2.79. The number of carbonyl (C=O) groups is 2. The predicted octanol–water partition coefficient (Wildman–Crippen LogP) is 9.63. The molecule has 0 aliphatic heterocycles. The maximum absolute atomic E-state index is 11.8. The third kappa shape index (κ3) is 29.0. The fourth-order valence-electron chi connectivity index (χ4n) is 4.46. The summed E-state index contributed by atoms with van der Waals surface area (Å²) in [5, 5.41) is 8.59. The lowest BCUT2D eigenvalue weighted by Gasteiger charge is -2.06. The second-order valence-electron chi connectivity index (χ2n) is 10.7. The van der Waals surface area contributed by atoms with Gasteiger partial charge in [0.1, 0.15) is 0 Å². The lowest BCUT2D eigenvalue weighted by molar-refractivity contribution is -0.144. The lowest BCUT2D eigenvalue weighted by Crippen LogP contribution is -2.05. The van der Waals surface area contributed by atoms with Gasteiger partial charge in [0.2, 0.25) is 0 Å². The van der Waals surface area contributed by atoms with E-state index in [1.807, 2.05) is 0 Å². The second kappa shape index (κ2) is 26.5. The van der Waals surface area contributed by atoms with E-state index in [9.17, 15) is 9.59 Å². The van der Waals surface area contributed by atoms with Crippen LogP contribution >= 0.6 is 0 Å². The van der Waals surface area contributed by atoms with Gasteiger partial charge < -0.3 is 9.84 Å². The van der Waals surface area contributed by atoms with E-state index in [2.05, 4.69) is 13.8 Å². The van der Waals surface area contributed by atoms with Crippen LogP contribution in [0.5, 0.6) is 0 Å². The van der Waals surface area contributed by atoms with Crippen molar-refractivity contribution >= 4 is 11.9 Å². The Kier molecular flexibility index (Phi) is 25.7. The largest absolute Gasteiger partial charge is 0.481 e. The third-order valence-electron chi connectivity index (χ3n) is 6.71. The van der Waals surface area contributed by atoms with Crippen molar-refractivity contribution in [3.05, 3.63) is 0 Å². The molecule has 0 spiro atoms. The molecule has 0 fully saturated rings. The highest BCUT2D eigenvalue weighted by Gasteiger charge is 2.03. The van der Waals surface area contributed by atoms with Gasteiger partial charge in [-0.2, -0.15) is 0 Å². The smallest absolute Gasteiger partial charge is 0.305 e. The highest BCUT2D eigenvalue weighted by molar-refractivity contribution is 5.69. The summed E-state index contributed by atoms with van der Waals surface area (Å²) in [4.78, 5) is 22.2. The van der Waals surface area contributed by atoms with Crippen LogP contribution in [0.25, 0.3) is 0 Å². The number of aliphatic carboxylic acids is 1. The number of carboxylic acids is 1. The maximum atomic E-state index is 11.8. The van der Waals surface area contributed by atoms with Crippen molar-refractivity contribution in [2.24, 2.45) is 5.92 Å². The molecule has 0 rings (SSSR count). The molecule has 0 aromatic rings. The lowest BCUT2D eigenvalue weighted by atomic mass is 10.0. The highest BCUT2D eigenvalue weighted by atomic mass is 16.5. The Balaban J connectivity index is 3.16. The van der Waals surface area contributed by atoms with E-state index < -0.39 is 5.97 Å². The molecule has 4 nitrogen and oxygen atoms in total. The Bertz CT molecular complexity index is 447. The van der Waals surface area contributed by atoms with Crippen molar-refractivity contribution in [2.75, 3.05) is 6.61 Å². The summed E-state index contributed by atoms with van der Waals surface area (Å²) in [7, 11) is 0. The Morgan fingerprint density at radius 1 is 0.529 bits per heavy atom. The van der Waals surface area contributed by atoms with Crippen LogP contribution in [-0.2, 0) is 14.3 Å². The fraction of sp³-hybridized carbons (Fsp3) is 0.933. The van der Waals surface area contributed by atoms with Gasteiger partial charge in [-0.1, -0.05) is 136 Å². The Morgan fingerprint density at radius 3 is 1.29 bits per heavy atom. The summed E-state index contributed by atoms with van der Waals surface area (Å²) >= 11 is 0. The van der Waals surface area contributed by atoms with Gasteiger partial charge in [-0.3, -0.25) is 9.59 Å². The first-order valence-electron chi connectivity index (χ1n) is 14.9. The van der Waals surface area contributed by atoms with Crippen LogP contribution in [0.4, 0.5) is 0 Å². The summed E-state index contributed by atoms with van der Waals surface area (Å²) < 4.78 is 5.37. The summed E-state index contributed by atoms with van der Waals surface area (Å²) in [6.07, 6.45) is 28.1. The molecule has 0 amide bonds. The van der Waals surface area contributed by atoms with Crippen molar-refractivity contribution in [1.82, 2.24) is 0 Å². The number of carboxylic acid groups (broad SMARTS) is 1. The van der Waals surface area contributed by atoms with Gasteiger partial charge in [0.15, 0.2) is 0 Å². The molecule has 1 N–H and O–H groups in total. The first kappa shape index (κ1) is 32.9. The van der Waals surface area contributed by atoms with Crippen molar-refractivity contribution in [1.29, 1.82) is 0 Å². The van der Waals surface area contributed by atoms with E-state index in [-0.39, 0.29) is 5.97 Å². The van der Waals surface area contributed by atoms with Gasteiger partial charge in [-0.25, -0.2) is 0 Å². The van der Waals surface area contributed by atoms with Crippen LogP contribution in [0.2, 0.25) is 0 Å². The summed E-state index contributed by atoms with van der Waals surface area (Å²) in [6, 6.07) is 0. The summed E-state index contributed by atoms with van der Waals surface area (Å²) in [6.45, 7) is 5.23. The van der Waals surface area contributed by atoms with Gasteiger partial charge in [0.25, 0.3) is 0 Å². The third-order valence-corrected chi connectivity index (χ3v) is 6.71. The van der Waals surface area contributed by atoms with E-state index in [0.717, 1.165) is 50.9 Å². The molecule has 34 heavy (non-hydrogen) atoms. The van der Waals surface area contributed by atoms with Crippen molar-refractivity contribution in [2.45, 2.75) is 168 Å². The molecule has 0 aromatic heterocycles. The number of ether oxygens (including phenoxy) is 1. The van der Waals surface area contributed by atoms with E-state index in [1.165, 1.54) is 96.3 Å². The van der Waals surface area contributed by atoms with Crippen LogP contribution in [0.1, 0.15) is 168 Å². The van der Waals surface area contributed by atoms with E-state index >= 15 is 0 Å². The molecule has 0 heterocycles. The van der Waals surface area contributed by atoms with Crippen LogP contribution in [0.15, 0.2) is 0 Å². The molecule has 0 atom stereocenters. The Labute approximate surface area is 212 Å².